The van der Waals surface area contributed by atoms with Crippen LogP contribution in [0.1, 0.15) is 38.0 Å². The first-order chi connectivity index (χ1) is 17.4. The standard InChI is InChI=1S/C28H25BO7/c1-28(18-34-26(31)20-13-7-3-8-14-20)22(17-33-25(30)19-11-5-2-6-12-19)35-24(29)23(28)36-27(32)21-15-9-4-10-16-21/h2-16,22-24H,17-18H2,1H3/t22?,23-,24?,28-/m0/s1. The van der Waals surface area contributed by atoms with Crippen LogP contribution in [0.5, 0.6) is 0 Å². The summed E-state index contributed by atoms with van der Waals surface area (Å²) in [5, 5.41) is 0. The van der Waals surface area contributed by atoms with E-state index in [1.54, 1.807) is 97.9 Å². The van der Waals surface area contributed by atoms with Gasteiger partial charge in [-0.05, 0) is 36.4 Å². The van der Waals surface area contributed by atoms with Gasteiger partial charge in [0.15, 0.2) is 0 Å². The van der Waals surface area contributed by atoms with Crippen LogP contribution in [0.25, 0.3) is 0 Å². The highest BCUT2D eigenvalue weighted by Crippen LogP contribution is 2.41. The Morgan fingerprint density at radius 3 is 1.69 bits per heavy atom. The Hall–Kier alpha value is -3.91. The highest BCUT2D eigenvalue weighted by Gasteiger charge is 2.55. The van der Waals surface area contributed by atoms with E-state index in [4.69, 9.17) is 26.8 Å². The summed E-state index contributed by atoms with van der Waals surface area (Å²) in [6.45, 7) is 1.36. The third-order valence-electron chi connectivity index (χ3n) is 6.15. The number of esters is 3. The molecule has 0 amide bonds. The Kier molecular flexibility index (Phi) is 7.85. The number of benzene rings is 3. The van der Waals surface area contributed by atoms with Crippen LogP contribution < -0.4 is 0 Å². The predicted molar refractivity (Wildman–Crippen MR) is 132 cm³/mol. The molecule has 7 nitrogen and oxygen atoms in total. The fourth-order valence-corrected chi connectivity index (χ4v) is 4.03. The Balaban J connectivity index is 1.53. The van der Waals surface area contributed by atoms with E-state index in [9.17, 15) is 14.4 Å². The number of rotatable bonds is 8. The Morgan fingerprint density at radius 1 is 0.750 bits per heavy atom. The molecule has 0 N–H and O–H groups in total. The third kappa shape index (κ3) is 5.66. The molecule has 2 unspecified atom stereocenters. The minimum atomic E-state index is -1.11. The molecule has 4 atom stereocenters. The molecule has 4 rings (SSSR count). The van der Waals surface area contributed by atoms with Gasteiger partial charge in [-0.2, -0.15) is 0 Å². The van der Waals surface area contributed by atoms with Gasteiger partial charge in [-0.1, -0.05) is 61.5 Å². The second-order valence-corrected chi connectivity index (χ2v) is 8.69. The zero-order valence-corrected chi connectivity index (χ0v) is 19.7. The van der Waals surface area contributed by atoms with Gasteiger partial charge in [-0.25, -0.2) is 14.4 Å². The largest absolute Gasteiger partial charge is 0.461 e. The van der Waals surface area contributed by atoms with E-state index in [0.717, 1.165) is 0 Å². The lowest BCUT2D eigenvalue weighted by molar-refractivity contribution is -0.0525. The first-order valence-electron chi connectivity index (χ1n) is 11.5. The van der Waals surface area contributed by atoms with Gasteiger partial charge in [0.1, 0.15) is 33.3 Å². The van der Waals surface area contributed by atoms with Gasteiger partial charge in [-0.3, -0.25) is 0 Å². The number of carbonyl (C=O) groups excluding carboxylic acids is 3. The van der Waals surface area contributed by atoms with Crippen molar-refractivity contribution in [2.45, 2.75) is 25.1 Å². The molecular weight excluding hydrogens is 459 g/mol. The van der Waals surface area contributed by atoms with E-state index >= 15 is 0 Å². The van der Waals surface area contributed by atoms with E-state index in [0.29, 0.717) is 16.7 Å². The Labute approximate surface area is 210 Å². The van der Waals surface area contributed by atoms with Crippen molar-refractivity contribution < 1.29 is 33.3 Å². The average molecular weight is 484 g/mol. The fraction of sp³-hybridized carbons (Fsp3) is 0.250. The second-order valence-electron chi connectivity index (χ2n) is 8.69. The van der Waals surface area contributed by atoms with Crippen LogP contribution in [0, 0.1) is 5.41 Å². The van der Waals surface area contributed by atoms with Crippen LogP contribution in [0.2, 0.25) is 0 Å². The summed E-state index contributed by atoms with van der Waals surface area (Å²) in [5.41, 5.74) is -0.0174. The molecule has 2 radical (unpaired) electrons. The SMILES string of the molecule is [B]C1OC(COC(=O)c2ccccc2)[C@](C)(COC(=O)c2ccccc2)[C@H]1OC(=O)c1ccccc1. The van der Waals surface area contributed by atoms with Gasteiger partial charge in [0.05, 0.1) is 28.1 Å². The molecule has 0 aromatic heterocycles. The Morgan fingerprint density at radius 2 is 1.19 bits per heavy atom. The van der Waals surface area contributed by atoms with Crippen molar-refractivity contribution in [3.05, 3.63) is 108 Å². The molecule has 1 aliphatic rings. The van der Waals surface area contributed by atoms with E-state index in [2.05, 4.69) is 0 Å². The number of ether oxygens (including phenoxy) is 4. The lowest BCUT2D eigenvalue weighted by Crippen LogP contribution is -2.47. The zero-order chi connectivity index (χ0) is 25.5. The molecule has 0 aliphatic carbocycles. The van der Waals surface area contributed by atoms with Crippen molar-refractivity contribution in [3.63, 3.8) is 0 Å². The smallest absolute Gasteiger partial charge is 0.338 e. The summed E-state index contributed by atoms with van der Waals surface area (Å²) in [7, 11) is 6.23. The summed E-state index contributed by atoms with van der Waals surface area (Å²) in [6.07, 6.45) is -1.79. The van der Waals surface area contributed by atoms with E-state index < -0.39 is 41.5 Å². The normalized spacial score (nSPS) is 23.0. The van der Waals surface area contributed by atoms with Crippen molar-refractivity contribution in [2.75, 3.05) is 13.2 Å². The van der Waals surface area contributed by atoms with Gasteiger partial charge >= 0.3 is 17.9 Å². The molecule has 0 bridgehead atoms. The quantitative estimate of drug-likeness (QED) is 0.273. The maximum atomic E-state index is 12.8. The molecule has 3 aromatic rings. The number of hydrogen-bond donors (Lipinski definition) is 0. The van der Waals surface area contributed by atoms with Gasteiger partial charge in [0.25, 0.3) is 0 Å². The van der Waals surface area contributed by atoms with Crippen LogP contribution >= 0.6 is 0 Å². The van der Waals surface area contributed by atoms with E-state index in [-0.39, 0.29) is 13.2 Å². The van der Waals surface area contributed by atoms with Crippen molar-refractivity contribution in [1.29, 1.82) is 0 Å². The summed E-state index contributed by atoms with van der Waals surface area (Å²) in [6, 6.07) is 24.4. The van der Waals surface area contributed by atoms with Crippen molar-refractivity contribution >= 4 is 25.8 Å². The maximum absolute atomic E-state index is 12.8. The molecule has 1 aliphatic heterocycles. The van der Waals surface area contributed by atoms with Crippen molar-refractivity contribution in [3.8, 4) is 0 Å². The summed E-state index contributed by atoms with van der Waals surface area (Å²) in [5.74, 6) is -1.69. The Bertz CT molecular complexity index is 1190. The molecule has 1 saturated heterocycles. The lowest BCUT2D eigenvalue weighted by atomic mass is 9.76. The van der Waals surface area contributed by atoms with E-state index in [1.165, 1.54) is 0 Å². The second kappa shape index (κ2) is 11.2. The van der Waals surface area contributed by atoms with Gasteiger partial charge < -0.3 is 18.9 Å². The van der Waals surface area contributed by atoms with Gasteiger partial charge in [0, 0.05) is 0 Å². The first-order valence-corrected chi connectivity index (χ1v) is 11.5. The molecule has 1 heterocycles. The number of hydrogen-bond acceptors (Lipinski definition) is 7. The monoisotopic (exact) mass is 484 g/mol. The number of carbonyl (C=O) groups is 3. The van der Waals surface area contributed by atoms with Gasteiger partial charge in [0.2, 0.25) is 0 Å². The van der Waals surface area contributed by atoms with Crippen LogP contribution in [0.15, 0.2) is 91.0 Å². The van der Waals surface area contributed by atoms with Crippen molar-refractivity contribution in [2.24, 2.45) is 5.41 Å². The predicted octanol–water partition coefficient (Wildman–Crippen LogP) is 3.83. The lowest BCUT2D eigenvalue weighted by Gasteiger charge is -2.34. The summed E-state index contributed by atoms with van der Waals surface area (Å²) < 4.78 is 22.7. The maximum Gasteiger partial charge on any atom is 0.338 e. The minimum Gasteiger partial charge on any atom is -0.461 e. The zero-order valence-electron chi connectivity index (χ0n) is 19.7. The van der Waals surface area contributed by atoms with Crippen LogP contribution in [0.4, 0.5) is 0 Å². The average Bonchev–Trinajstić information content (AvgIpc) is 3.16. The minimum absolute atomic E-state index is 0.180. The first kappa shape index (κ1) is 25.2. The highest BCUT2D eigenvalue weighted by atomic mass is 16.6. The molecule has 8 heteroatoms. The fourth-order valence-electron chi connectivity index (χ4n) is 4.03. The molecule has 36 heavy (non-hydrogen) atoms. The van der Waals surface area contributed by atoms with Crippen LogP contribution in [-0.2, 0) is 18.9 Å². The molecular formula is C28H25BO7. The van der Waals surface area contributed by atoms with Crippen molar-refractivity contribution in [1.82, 2.24) is 0 Å². The molecule has 182 valence electrons. The summed E-state index contributed by atoms with van der Waals surface area (Å²) >= 11 is 0. The van der Waals surface area contributed by atoms with Gasteiger partial charge in [-0.15, -0.1) is 0 Å². The highest BCUT2D eigenvalue weighted by molar-refractivity contribution is 6.12. The molecule has 1 fully saturated rings. The topological polar surface area (TPSA) is 88.1 Å². The summed E-state index contributed by atoms with van der Waals surface area (Å²) in [4.78, 5) is 38.0. The van der Waals surface area contributed by atoms with Crippen LogP contribution in [-0.4, -0.2) is 57.2 Å². The molecule has 3 aromatic carbocycles. The molecule has 0 saturated carbocycles. The third-order valence-corrected chi connectivity index (χ3v) is 6.15. The molecule has 0 spiro atoms. The van der Waals surface area contributed by atoms with E-state index in [1.807, 2.05) is 0 Å². The van der Waals surface area contributed by atoms with Crippen LogP contribution in [0.3, 0.4) is 0 Å².